The molecule has 0 aliphatic carbocycles. The zero-order chi connectivity index (χ0) is 12.9. The number of amides is 1. The lowest BCUT2D eigenvalue weighted by molar-refractivity contribution is -0.136. The Bertz CT molecular complexity index is 301. The predicted octanol–water partition coefficient (Wildman–Crippen LogP) is 1.81. The summed E-state index contributed by atoms with van der Waals surface area (Å²) in [6, 6.07) is 2.05. The molecule has 1 aliphatic rings. The summed E-state index contributed by atoms with van der Waals surface area (Å²) in [5, 5.41) is 8.92. The van der Waals surface area contributed by atoms with E-state index in [1.54, 1.807) is 25.8 Å². The van der Waals surface area contributed by atoms with Crippen molar-refractivity contribution in [3.63, 3.8) is 0 Å². The molecule has 4 nitrogen and oxygen atoms in total. The largest absolute Gasteiger partial charge is 0.381 e. The van der Waals surface area contributed by atoms with Crippen LogP contribution in [-0.2, 0) is 9.53 Å². The highest BCUT2D eigenvalue weighted by Gasteiger charge is 2.30. The van der Waals surface area contributed by atoms with E-state index in [0.717, 1.165) is 39.0 Å². The molecule has 0 aromatic heterocycles. The highest BCUT2D eigenvalue weighted by Crippen LogP contribution is 2.21. The van der Waals surface area contributed by atoms with E-state index in [1.807, 2.05) is 6.07 Å². The lowest BCUT2D eigenvalue weighted by Crippen LogP contribution is -2.38. The van der Waals surface area contributed by atoms with Crippen molar-refractivity contribution in [2.45, 2.75) is 33.1 Å². The molecule has 4 heteroatoms. The fourth-order valence-corrected chi connectivity index (χ4v) is 2.04. The van der Waals surface area contributed by atoms with Crippen molar-refractivity contribution < 1.29 is 9.53 Å². The Balaban J connectivity index is 2.36. The Morgan fingerprint density at radius 2 is 2.06 bits per heavy atom. The SMILES string of the molecule is CN(CCC1CCOCC1)C(=O)C(C)(C)C#N. The molecule has 96 valence electrons. The predicted molar refractivity (Wildman–Crippen MR) is 65.2 cm³/mol. The third-order valence-electron chi connectivity index (χ3n) is 3.37. The van der Waals surface area contributed by atoms with Gasteiger partial charge in [-0.2, -0.15) is 5.26 Å². The third kappa shape index (κ3) is 4.01. The third-order valence-corrected chi connectivity index (χ3v) is 3.37. The second-order valence-electron chi connectivity index (χ2n) is 5.31. The summed E-state index contributed by atoms with van der Waals surface area (Å²) in [6.45, 7) is 5.74. The van der Waals surface area contributed by atoms with Crippen LogP contribution in [-0.4, -0.2) is 37.6 Å². The molecule has 0 unspecified atom stereocenters. The minimum atomic E-state index is -0.912. The average molecular weight is 238 g/mol. The molecule has 0 atom stereocenters. The van der Waals surface area contributed by atoms with Crippen LogP contribution in [0.3, 0.4) is 0 Å². The molecule has 0 radical (unpaired) electrons. The van der Waals surface area contributed by atoms with Gasteiger partial charge in [-0.1, -0.05) is 0 Å². The lowest BCUT2D eigenvalue weighted by atomic mass is 9.93. The zero-order valence-electron chi connectivity index (χ0n) is 11.0. The topological polar surface area (TPSA) is 53.3 Å². The van der Waals surface area contributed by atoms with Gasteiger partial charge in [-0.3, -0.25) is 4.79 Å². The maximum atomic E-state index is 11.9. The summed E-state index contributed by atoms with van der Waals surface area (Å²) < 4.78 is 5.30. The van der Waals surface area contributed by atoms with Crippen LogP contribution in [0.1, 0.15) is 33.1 Å². The van der Waals surface area contributed by atoms with Crippen LogP contribution in [0.2, 0.25) is 0 Å². The molecule has 1 fully saturated rings. The van der Waals surface area contributed by atoms with E-state index in [2.05, 4.69) is 0 Å². The molecule has 1 heterocycles. The fourth-order valence-electron chi connectivity index (χ4n) is 2.04. The van der Waals surface area contributed by atoms with E-state index in [0.29, 0.717) is 5.92 Å². The Morgan fingerprint density at radius 3 is 2.59 bits per heavy atom. The second-order valence-corrected chi connectivity index (χ2v) is 5.31. The summed E-state index contributed by atoms with van der Waals surface area (Å²) in [4.78, 5) is 13.6. The average Bonchev–Trinajstić information content (AvgIpc) is 2.36. The first-order valence-corrected chi connectivity index (χ1v) is 6.22. The maximum absolute atomic E-state index is 11.9. The van der Waals surface area contributed by atoms with Gasteiger partial charge in [0.1, 0.15) is 5.41 Å². The number of nitriles is 1. The highest BCUT2D eigenvalue weighted by atomic mass is 16.5. The van der Waals surface area contributed by atoms with E-state index in [-0.39, 0.29) is 5.91 Å². The number of nitrogens with zero attached hydrogens (tertiary/aromatic N) is 2. The van der Waals surface area contributed by atoms with Crippen molar-refractivity contribution in [1.29, 1.82) is 5.26 Å². The quantitative estimate of drug-likeness (QED) is 0.750. The number of ether oxygens (including phenoxy) is 1. The number of rotatable bonds is 4. The minimum Gasteiger partial charge on any atom is -0.381 e. The van der Waals surface area contributed by atoms with Crippen molar-refractivity contribution >= 4 is 5.91 Å². The van der Waals surface area contributed by atoms with Crippen molar-refractivity contribution in [1.82, 2.24) is 4.90 Å². The van der Waals surface area contributed by atoms with Crippen molar-refractivity contribution in [2.24, 2.45) is 11.3 Å². The summed E-state index contributed by atoms with van der Waals surface area (Å²) in [6.07, 6.45) is 3.18. The first-order valence-electron chi connectivity index (χ1n) is 6.22. The number of hydrogen-bond donors (Lipinski definition) is 0. The van der Waals surface area contributed by atoms with Crippen LogP contribution in [0, 0.1) is 22.7 Å². The first kappa shape index (κ1) is 14.0. The Kier molecular flexibility index (Phi) is 4.95. The Morgan fingerprint density at radius 1 is 1.47 bits per heavy atom. The van der Waals surface area contributed by atoms with E-state index in [1.165, 1.54) is 0 Å². The summed E-state index contributed by atoms with van der Waals surface area (Å²) >= 11 is 0. The van der Waals surface area contributed by atoms with Gasteiger partial charge >= 0.3 is 0 Å². The molecule has 17 heavy (non-hydrogen) atoms. The molecule has 1 aliphatic heterocycles. The van der Waals surface area contributed by atoms with E-state index < -0.39 is 5.41 Å². The standard InChI is InChI=1S/C13H22N2O2/c1-13(2,10-14)12(16)15(3)7-4-11-5-8-17-9-6-11/h11H,4-9H2,1-3H3. The second kappa shape index (κ2) is 6.02. The monoisotopic (exact) mass is 238 g/mol. The minimum absolute atomic E-state index is 0.0907. The molecular weight excluding hydrogens is 216 g/mol. The Labute approximate surface area is 104 Å². The van der Waals surface area contributed by atoms with E-state index in [9.17, 15) is 4.79 Å². The smallest absolute Gasteiger partial charge is 0.242 e. The van der Waals surface area contributed by atoms with Crippen LogP contribution in [0.15, 0.2) is 0 Å². The normalized spacial score (nSPS) is 17.5. The summed E-state index contributed by atoms with van der Waals surface area (Å²) in [5.74, 6) is 0.566. The molecule has 0 aromatic rings. The van der Waals surface area contributed by atoms with Crippen LogP contribution >= 0.6 is 0 Å². The van der Waals surface area contributed by atoms with E-state index >= 15 is 0 Å². The zero-order valence-corrected chi connectivity index (χ0v) is 11.0. The van der Waals surface area contributed by atoms with E-state index in [4.69, 9.17) is 10.00 Å². The van der Waals surface area contributed by atoms with Gasteiger partial charge in [0.25, 0.3) is 0 Å². The van der Waals surface area contributed by atoms with Gasteiger partial charge in [-0.25, -0.2) is 0 Å². The van der Waals surface area contributed by atoms with Gasteiger partial charge in [-0.15, -0.1) is 0 Å². The molecule has 0 saturated carbocycles. The van der Waals surface area contributed by atoms with Crippen molar-refractivity contribution in [3.05, 3.63) is 0 Å². The molecular formula is C13H22N2O2. The van der Waals surface area contributed by atoms with Crippen molar-refractivity contribution in [3.8, 4) is 6.07 Å². The van der Waals surface area contributed by atoms with Crippen LogP contribution in [0.5, 0.6) is 0 Å². The van der Waals surface area contributed by atoms with Gasteiger partial charge < -0.3 is 9.64 Å². The van der Waals surface area contributed by atoms with Crippen LogP contribution in [0.25, 0.3) is 0 Å². The molecule has 0 aromatic carbocycles. The summed E-state index contributed by atoms with van der Waals surface area (Å²) in [7, 11) is 1.78. The number of carbonyl (C=O) groups excluding carboxylic acids is 1. The maximum Gasteiger partial charge on any atom is 0.242 e. The lowest BCUT2D eigenvalue weighted by Gasteiger charge is -2.27. The number of carbonyl (C=O) groups is 1. The highest BCUT2D eigenvalue weighted by molar-refractivity contribution is 5.84. The van der Waals surface area contributed by atoms with Crippen LogP contribution in [0.4, 0.5) is 0 Å². The Hall–Kier alpha value is -1.08. The number of hydrogen-bond acceptors (Lipinski definition) is 3. The van der Waals surface area contributed by atoms with Gasteiger partial charge in [0, 0.05) is 26.8 Å². The first-order chi connectivity index (χ1) is 7.97. The van der Waals surface area contributed by atoms with Gasteiger partial charge in [0.15, 0.2) is 0 Å². The molecule has 1 saturated heterocycles. The van der Waals surface area contributed by atoms with Gasteiger partial charge in [0.05, 0.1) is 6.07 Å². The summed E-state index contributed by atoms with van der Waals surface area (Å²) in [5.41, 5.74) is -0.912. The van der Waals surface area contributed by atoms with Gasteiger partial charge in [-0.05, 0) is 39.0 Å². The molecule has 0 N–H and O–H groups in total. The van der Waals surface area contributed by atoms with Gasteiger partial charge in [0.2, 0.25) is 5.91 Å². The van der Waals surface area contributed by atoms with Crippen molar-refractivity contribution in [2.75, 3.05) is 26.8 Å². The fraction of sp³-hybridized carbons (Fsp3) is 0.846. The van der Waals surface area contributed by atoms with Crippen LogP contribution < -0.4 is 0 Å². The molecule has 1 rings (SSSR count). The molecule has 0 bridgehead atoms. The molecule has 1 amide bonds. The molecule has 0 spiro atoms.